The molecule has 0 saturated carbocycles. The molecule has 9 heteroatoms. The van der Waals surface area contributed by atoms with Gasteiger partial charge in [-0.15, -0.1) is 0 Å². The summed E-state index contributed by atoms with van der Waals surface area (Å²) in [6.07, 6.45) is 4.96. The third-order valence-corrected chi connectivity index (χ3v) is 8.49. The Hall–Kier alpha value is -4.24. The molecule has 9 nitrogen and oxygen atoms in total. The number of pyridine rings is 1. The average Bonchev–Trinajstić information content (AvgIpc) is 3.50. The van der Waals surface area contributed by atoms with E-state index >= 15 is 0 Å². The van der Waals surface area contributed by atoms with E-state index in [1.165, 1.54) is 0 Å². The van der Waals surface area contributed by atoms with Gasteiger partial charge in [-0.1, -0.05) is 32.0 Å². The number of rotatable bonds is 8. The highest BCUT2D eigenvalue weighted by Gasteiger charge is 2.34. The Morgan fingerprint density at radius 3 is 2.54 bits per heavy atom. The Morgan fingerprint density at radius 2 is 1.80 bits per heavy atom. The van der Waals surface area contributed by atoms with Gasteiger partial charge in [-0.05, 0) is 73.7 Å². The van der Waals surface area contributed by atoms with Crippen LogP contribution in [0.2, 0.25) is 0 Å². The van der Waals surface area contributed by atoms with Crippen molar-refractivity contribution in [2.24, 2.45) is 0 Å². The second-order valence-corrected chi connectivity index (χ2v) is 11.0. The molecular weight excluding hydrogens is 514 g/mol. The molecule has 0 bridgehead atoms. The zero-order valence-corrected chi connectivity index (χ0v) is 23.9. The number of carbonyl (C=O) groups is 1. The van der Waals surface area contributed by atoms with Gasteiger partial charge < -0.3 is 20.9 Å². The summed E-state index contributed by atoms with van der Waals surface area (Å²) in [4.78, 5) is 39.0. The molecule has 212 valence electrons. The van der Waals surface area contributed by atoms with E-state index in [1.807, 2.05) is 54.6 Å². The van der Waals surface area contributed by atoms with E-state index in [0.717, 1.165) is 60.4 Å². The number of fused-ring (bicyclic) bond motifs is 2. The van der Waals surface area contributed by atoms with E-state index in [0.29, 0.717) is 29.6 Å². The molecule has 3 N–H and O–H groups in total. The highest BCUT2D eigenvalue weighted by molar-refractivity contribution is 5.99. The monoisotopic (exact) mass is 551 g/mol. The Balaban J connectivity index is 1.39. The van der Waals surface area contributed by atoms with Gasteiger partial charge >= 0.3 is 0 Å². The molecule has 4 aromatic rings. The van der Waals surface area contributed by atoms with Gasteiger partial charge in [-0.25, -0.2) is 4.98 Å². The van der Waals surface area contributed by atoms with Crippen LogP contribution in [0, 0.1) is 0 Å². The topological polar surface area (TPSA) is 104 Å². The Kier molecular flexibility index (Phi) is 7.45. The van der Waals surface area contributed by atoms with Crippen LogP contribution in [0.5, 0.6) is 0 Å². The van der Waals surface area contributed by atoms with Crippen LogP contribution in [0.1, 0.15) is 56.2 Å². The number of likely N-dealkylation sites (N-methyl/N-ethyl adjacent to an activating group) is 1. The molecule has 2 aliphatic rings. The summed E-state index contributed by atoms with van der Waals surface area (Å²) in [5, 5.41) is 11.0. The number of aromatic nitrogens is 3. The Bertz CT molecular complexity index is 1620. The zero-order chi connectivity index (χ0) is 28.5. The van der Waals surface area contributed by atoms with Gasteiger partial charge in [0.1, 0.15) is 11.7 Å². The van der Waals surface area contributed by atoms with Gasteiger partial charge in [0, 0.05) is 60.3 Å². The summed E-state index contributed by atoms with van der Waals surface area (Å²) in [5.41, 5.74) is 4.82. The number of nitrogens with zero attached hydrogens (tertiary/aromatic N) is 4. The maximum atomic E-state index is 14.2. The highest BCUT2D eigenvalue weighted by atomic mass is 16.2. The van der Waals surface area contributed by atoms with Crippen LogP contribution in [0.15, 0.2) is 65.6 Å². The average molecular weight is 552 g/mol. The van der Waals surface area contributed by atoms with Crippen LogP contribution in [-0.2, 0) is 11.2 Å². The van der Waals surface area contributed by atoms with Crippen molar-refractivity contribution in [2.75, 3.05) is 35.7 Å². The van der Waals surface area contributed by atoms with Crippen LogP contribution in [0.3, 0.4) is 0 Å². The second kappa shape index (κ2) is 11.3. The molecule has 6 rings (SSSR count). The van der Waals surface area contributed by atoms with Crippen LogP contribution in [0.25, 0.3) is 11.0 Å². The molecule has 2 aliphatic heterocycles. The second-order valence-electron chi connectivity index (χ2n) is 11.0. The highest BCUT2D eigenvalue weighted by Crippen LogP contribution is 2.33. The quantitative estimate of drug-likeness (QED) is 0.284. The first-order valence-electron chi connectivity index (χ1n) is 14.6. The van der Waals surface area contributed by atoms with Crippen LogP contribution < -0.4 is 26.4 Å². The van der Waals surface area contributed by atoms with Gasteiger partial charge in [0.15, 0.2) is 0 Å². The van der Waals surface area contributed by atoms with Gasteiger partial charge in [0.05, 0.1) is 0 Å². The van der Waals surface area contributed by atoms with Gasteiger partial charge in [0.2, 0.25) is 11.9 Å². The van der Waals surface area contributed by atoms with Crippen LogP contribution >= 0.6 is 0 Å². The number of para-hydroxylation sites is 1. The smallest absolute Gasteiger partial charge is 0.256 e. The number of hydrogen-bond acceptors (Lipinski definition) is 7. The molecule has 2 aromatic heterocycles. The molecule has 1 fully saturated rings. The standard InChI is InChI=1S/C32H37N7O2/c1-4-20(5-2)26-16-22-18-34-32(36-24-12-10-23(11-13-24)35-25-14-15-33-19-25)37-29(22)39(30(26)40)28-17-21-8-6-7-9-27(21)38(3)31(28)41/h6-13,16,18,20,25,28,33,35H,4-5,14-15,17,19H2,1-3H3,(H,34,36,37). The number of hydrogen-bond donors (Lipinski definition) is 3. The molecular formula is C32H37N7O2. The molecule has 0 aliphatic carbocycles. The summed E-state index contributed by atoms with van der Waals surface area (Å²) < 4.78 is 1.62. The van der Waals surface area contributed by atoms with E-state index in [9.17, 15) is 9.59 Å². The summed E-state index contributed by atoms with van der Waals surface area (Å²) in [6.45, 7) is 6.19. The summed E-state index contributed by atoms with van der Waals surface area (Å²) in [6, 6.07) is 17.6. The van der Waals surface area contributed by atoms with Crippen molar-refractivity contribution in [3.8, 4) is 0 Å². The maximum Gasteiger partial charge on any atom is 0.256 e. The van der Waals surface area contributed by atoms with E-state index in [1.54, 1.807) is 22.7 Å². The lowest BCUT2D eigenvalue weighted by molar-refractivity contribution is -0.121. The molecule has 1 saturated heterocycles. The Labute approximate surface area is 240 Å². The first-order valence-corrected chi connectivity index (χ1v) is 14.6. The fraction of sp³-hybridized carbons (Fsp3) is 0.375. The van der Waals surface area contributed by atoms with E-state index < -0.39 is 6.04 Å². The molecule has 1 amide bonds. The SMILES string of the molecule is CCC(CC)c1cc2cnc(Nc3ccc(NC4CCNC4)cc3)nc2n(C2Cc3ccccc3N(C)C2=O)c1=O. The minimum absolute atomic E-state index is 0.0896. The number of carbonyl (C=O) groups excluding carboxylic acids is 1. The van der Waals surface area contributed by atoms with Crippen molar-refractivity contribution < 1.29 is 4.79 Å². The summed E-state index contributed by atoms with van der Waals surface area (Å²) in [5.74, 6) is 0.341. The predicted molar refractivity (Wildman–Crippen MR) is 164 cm³/mol. The van der Waals surface area contributed by atoms with Crippen LogP contribution in [0.4, 0.5) is 23.0 Å². The third kappa shape index (κ3) is 5.17. The molecule has 4 heterocycles. The molecule has 0 radical (unpaired) electrons. The fourth-order valence-corrected chi connectivity index (χ4v) is 6.15. The van der Waals surface area contributed by atoms with Crippen molar-refractivity contribution in [3.05, 3.63) is 82.3 Å². The molecule has 0 spiro atoms. The minimum atomic E-state index is -0.697. The normalized spacial score (nSPS) is 18.6. The largest absolute Gasteiger partial charge is 0.381 e. The predicted octanol–water partition coefficient (Wildman–Crippen LogP) is 4.97. The lowest BCUT2D eigenvalue weighted by Gasteiger charge is -2.33. The molecule has 2 aromatic carbocycles. The lowest BCUT2D eigenvalue weighted by atomic mass is 9.93. The number of benzene rings is 2. The lowest BCUT2D eigenvalue weighted by Crippen LogP contribution is -2.44. The van der Waals surface area contributed by atoms with Crippen LogP contribution in [-0.4, -0.2) is 46.6 Å². The van der Waals surface area contributed by atoms with Gasteiger partial charge in [-0.2, -0.15) is 4.98 Å². The third-order valence-electron chi connectivity index (χ3n) is 8.49. The van der Waals surface area contributed by atoms with Crippen molar-refractivity contribution >= 4 is 40.0 Å². The number of nitrogens with one attached hydrogen (secondary N) is 3. The first kappa shape index (κ1) is 27.0. The van der Waals surface area contributed by atoms with Crippen molar-refractivity contribution in [3.63, 3.8) is 0 Å². The first-order chi connectivity index (χ1) is 20.0. The van der Waals surface area contributed by atoms with Crippen molar-refractivity contribution in [1.29, 1.82) is 0 Å². The summed E-state index contributed by atoms with van der Waals surface area (Å²) >= 11 is 0. The maximum absolute atomic E-state index is 14.2. The number of amides is 1. The van der Waals surface area contributed by atoms with E-state index in [4.69, 9.17) is 4.98 Å². The van der Waals surface area contributed by atoms with Crippen molar-refractivity contribution in [2.45, 2.75) is 57.5 Å². The minimum Gasteiger partial charge on any atom is -0.381 e. The molecule has 41 heavy (non-hydrogen) atoms. The van der Waals surface area contributed by atoms with Crippen molar-refractivity contribution in [1.82, 2.24) is 19.9 Å². The van der Waals surface area contributed by atoms with E-state index in [-0.39, 0.29) is 17.4 Å². The van der Waals surface area contributed by atoms with Gasteiger partial charge in [-0.3, -0.25) is 14.2 Å². The number of anilines is 4. The fourth-order valence-electron chi connectivity index (χ4n) is 6.15. The molecule has 2 atom stereocenters. The molecule has 2 unspecified atom stereocenters. The van der Waals surface area contributed by atoms with Gasteiger partial charge in [0.25, 0.3) is 5.56 Å². The van der Waals surface area contributed by atoms with E-state index in [2.05, 4.69) is 34.8 Å². The zero-order valence-electron chi connectivity index (χ0n) is 23.9. The summed E-state index contributed by atoms with van der Waals surface area (Å²) in [7, 11) is 1.77. The Morgan fingerprint density at radius 1 is 1.05 bits per heavy atom.